The first-order valence-corrected chi connectivity index (χ1v) is 6.49. The molecule has 0 spiro atoms. The average molecular weight is 269 g/mol. The predicted molar refractivity (Wildman–Crippen MR) is 75.5 cm³/mol. The monoisotopic (exact) mass is 269 g/mol. The molecule has 102 valence electrons. The van der Waals surface area contributed by atoms with Gasteiger partial charge in [-0.15, -0.1) is 0 Å². The first-order valence-electron chi connectivity index (χ1n) is 6.49. The summed E-state index contributed by atoms with van der Waals surface area (Å²) in [5.41, 5.74) is 2.67. The minimum Gasteiger partial charge on any atom is -0.368 e. The minimum atomic E-state index is 0.626. The number of fused-ring (bicyclic) bond motifs is 1. The average Bonchev–Trinajstić information content (AvgIpc) is 2.85. The van der Waals surface area contributed by atoms with Crippen molar-refractivity contribution in [2.45, 2.75) is 20.3 Å². The van der Waals surface area contributed by atoms with E-state index < -0.39 is 0 Å². The summed E-state index contributed by atoms with van der Waals surface area (Å²) >= 11 is 0. The number of nitrogens with one attached hydrogen (secondary N) is 1. The Morgan fingerprint density at radius 2 is 1.80 bits per heavy atom. The number of benzene rings is 1. The van der Waals surface area contributed by atoms with Crippen LogP contribution in [0.2, 0.25) is 0 Å². The van der Waals surface area contributed by atoms with Crippen molar-refractivity contribution in [1.82, 2.24) is 20.1 Å². The molecule has 0 fully saturated rings. The fourth-order valence-corrected chi connectivity index (χ4v) is 1.99. The molecule has 0 amide bonds. The Labute approximate surface area is 116 Å². The Morgan fingerprint density at radius 1 is 1.05 bits per heavy atom. The Hall–Kier alpha value is -2.50. The third-order valence-corrected chi connectivity index (χ3v) is 2.95. The summed E-state index contributed by atoms with van der Waals surface area (Å²) in [6, 6.07) is 7.83. The Kier molecular flexibility index (Phi) is 3.28. The summed E-state index contributed by atoms with van der Waals surface area (Å²) in [5, 5.41) is 7.02. The lowest BCUT2D eigenvalue weighted by molar-refractivity contribution is 0.377. The third kappa shape index (κ3) is 2.59. The van der Waals surface area contributed by atoms with Crippen LogP contribution in [-0.2, 0) is 6.42 Å². The molecule has 2 aromatic heterocycles. The number of anilines is 1. The van der Waals surface area contributed by atoms with Gasteiger partial charge in [0.2, 0.25) is 5.89 Å². The smallest absolute Gasteiger partial charge is 0.228 e. The number of aryl methyl sites for hydroxylation is 2. The zero-order valence-electron chi connectivity index (χ0n) is 11.4. The zero-order valence-corrected chi connectivity index (χ0v) is 11.4. The van der Waals surface area contributed by atoms with Crippen molar-refractivity contribution < 1.29 is 4.52 Å². The van der Waals surface area contributed by atoms with Crippen molar-refractivity contribution in [3.05, 3.63) is 41.7 Å². The zero-order chi connectivity index (χ0) is 13.9. The SMILES string of the molecule is Cc1noc(CCNc2nc3ccccc3nc2C)n1. The third-order valence-electron chi connectivity index (χ3n) is 2.95. The largest absolute Gasteiger partial charge is 0.368 e. The molecule has 0 unspecified atom stereocenters. The highest BCUT2D eigenvalue weighted by Gasteiger charge is 2.06. The van der Waals surface area contributed by atoms with E-state index in [0.29, 0.717) is 24.7 Å². The van der Waals surface area contributed by atoms with Crippen LogP contribution >= 0.6 is 0 Å². The van der Waals surface area contributed by atoms with E-state index in [1.807, 2.05) is 31.2 Å². The molecule has 6 nitrogen and oxygen atoms in total. The molecule has 1 N–H and O–H groups in total. The Bertz CT molecular complexity index is 737. The summed E-state index contributed by atoms with van der Waals surface area (Å²) in [6.07, 6.45) is 0.661. The van der Waals surface area contributed by atoms with Crippen LogP contribution in [0.1, 0.15) is 17.4 Å². The summed E-state index contributed by atoms with van der Waals surface area (Å²) in [4.78, 5) is 13.3. The highest BCUT2D eigenvalue weighted by molar-refractivity contribution is 5.76. The number of para-hydroxylation sites is 2. The van der Waals surface area contributed by atoms with Gasteiger partial charge >= 0.3 is 0 Å². The van der Waals surface area contributed by atoms with Gasteiger partial charge in [-0.2, -0.15) is 4.98 Å². The fraction of sp³-hybridized carbons (Fsp3) is 0.286. The van der Waals surface area contributed by atoms with Crippen LogP contribution in [0.15, 0.2) is 28.8 Å². The molecule has 0 atom stereocenters. The van der Waals surface area contributed by atoms with Crippen LogP contribution in [0, 0.1) is 13.8 Å². The van der Waals surface area contributed by atoms with Gasteiger partial charge in [-0.05, 0) is 26.0 Å². The first-order chi connectivity index (χ1) is 9.72. The molecule has 3 aromatic rings. The molecular formula is C14H15N5O. The van der Waals surface area contributed by atoms with Crippen molar-refractivity contribution in [3.8, 4) is 0 Å². The summed E-state index contributed by atoms with van der Waals surface area (Å²) in [7, 11) is 0. The lowest BCUT2D eigenvalue weighted by Crippen LogP contribution is -2.09. The molecule has 0 saturated heterocycles. The van der Waals surface area contributed by atoms with E-state index in [-0.39, 0.29) is 0 Å². The molecule has 6 heteroatoms. The van der Waals surface area contributed by atoms with E-state index in [4.69, 9.17) is 4.52 Å². The predicted octanol–water partition coefficient (Wildman–Crippen LogP) is 2.28. The van der Waals surface area contributed by atoms with E-state index in [1.165, 1.54) is 0 Å². The van der Waals surface area contributed by atoms with Gasteiger partial charge in [-0.3, -0.25) is 0 Å². The van der Waals surface area contributed by atoms with E-state index >= 15 is 0 Å². The molecule has 2 heterocycles. The van der Waals surface area contributed by atoms with Crippen LogP contribution in [-0.4, -0.2) is 26.7 Å². The molecule has 0 saturated carbocycles. The Balaban J connectivity index is 1.72. The maximum absolute atomic E-state index is 5.07. The van der Waals surface area contributed by atoms with Crippen LogP contribution in [0.4, 0.5) is 5.82 Å². The van der Waals surface area contributed by atoms with Crippen LogP contribution in [0.3, 0.4) is 0 Å². The van der Waals surface area contributed by atoms with Gasteiger partial charge in [0.05, 0.1) is 16.7 Å². The minimum absolute atomic E-state index is 0.626. The number of nitrogens with zero attached hydrogens (tertiary/aromatic N) is 4. The van der Waals surface area contributed by atoms with Gasteiger partial charge in [-0.25, -0.2) is 9.97 Å². The highest BCUT2D eigenvalue weighted by atomic mass is 16.5. The summed E-state index contributed by atoms with van der Waals surface area (Å²) in [5.74, 6) is 2.07. The van der Waals surface area contributed by atoms with E-state index in [9.17, 15) is 0 Å². The molecule has 3 rings (SSSR count). The maximum atomic E-state index is 5.07. The van der Waals surface area contributed by atoms with E-state index in [2.05, 4.69) is 25.4 Å². The van der Waals surface area contributed by atoms with Gasteiger partial charge in [0.15, 0.2) is 5.82 Å². The van der Waals surface area contributed by atoms with Gasteiger partial charge in [0.25, 0.3) is 0 Å². The van der Waals surface area contributed by atoms with Crippen LogP contribution < -0.4 is 5.32 Å². The lowest BCUT2D eigenvalue weighted by Gasteiger charge is -2.08. The van der Waals surface area contributed by atoms with Crippen molar-refractivity contribution in [3.63, 3.8) is 0 Å². The van der Waals surface area contributed by atoms with Crippen molar-refractivity contribution >= 4 is 16.9 Å². The number of rotatable bonds is 4. The van der Waals surface area contributed by atoms with Gasteiger partial charge in [0, 0.05) is 13.0 Å². The first kappa shape index (κ1) is 12.5. The molecule has 0 radical (unpaired) electrons. The summed E-state index contributed by atoms with van der Waals surface area (Å²) < 4.78 is 5.07. The number of hydrogen-bond donors (Lipinski definition) is 1. The highest BCUT2D eigenvalue weighted by Crippen LogP contribution is 2.15. The van der Waals surface area contributed by atoms with Crippen LogP contribution in [0.25, 0.3) is 11.0 Å². The van der Waals surface area contributed by atoms with Crippen molar-refractivity contribution in [2.75, 3.05) is 11.9 Å². The number of aromatic nitrogens is 4. The second-order valence-electron chi connectivity index (χ2n) is 4.56. The molecule has 0 aliphatic carbocycles. The topological polar surface area (TPSA) is 76.7 Å². The molecule has 0 aliphatic heterocycles. The molecule has 1 aromatic carbocycles. The maximum Gasteiger partial charge on any atom is 0.228 e. The molecule has 0 aliphatic rings. The van der Waals surface area contributed by atoms with Gasteiger partial charge < -0.3 is 9.84 Å². The standard InChI is InChI=1S/C14H15N5O/c1-9-14(15-8-7-13-17-10(2)19-20-13)18-12-6-4-3-5-11(12)16-9/h3-6H,7-8H2,1-2H3,(H,15,18). The lowest BCUT2D eigenvalue weighted by atomic mass is 10.3. The van der Waals surface area contributed by atoms with Gasteiger partial charge in [-0.1, -0.05) is 17.3 Å². The molecule has 20 heavy (non-hydrogen) atoms. The number of hydrogen-bond acceptors (Lipinski definition) is 6. The van der Waals surface area contributed by atoms with Crippen molar-refractivity contribution in [2.24, 2.45) is 0 Å². The molecule has 0 bridgehead atoms. The normalized spacial score (nSPS) is 10.9. The van der Waals surface area contributed by atoms with E-state index in [0.717, 1.165) is 22.5 Å². The van der Waals surface area contributed by atoms with Crippen molar-refractivity contribution in [1.29, 1.82) is 0 Å². The fourth-order valence-electron chi connectivity index (χ4n) is 1.99. The van der Waals surface area contributed by atoms with Gasteiger partial charge in [0.1, 0.15) is 5.82 Å². The quantitative estimate of drug-likeness (QED) is 0.783. The van der Waals surface area contributed by atoms with E-state index in [1.54, 1.807) is 6.92 Å². The summed E-state index contributed by atoms with van der Waals surface area (Å²) in [6.45, 7) is 4.42. The second kappa shape index (κ2) is 5.24. The van der Waals surface area contributed by atoms with Crippen LogP contribution in [0.5, 0.6) is 0 Å². The molecular weight excluding hydrogens is 254 g/mol. The second-order valence-corrected chi connectivity index (χ2v) is 4.56. The Morgan fingerprint density at radius 3 is 2.50 bits per heavy atom.